The number of carbonyl (C=O) groups is 1. The fourth-order valence-corrected chi connectivity index (χ4v) is 1.50. The van der Waals surface area contributed by atoms with Crippen LogP contribution in [0.1, 0.15) is 23.7 Å². The van der Waals surface area contributed by atoms with Gasteiger partial charge in [-0.25, -0.2) is 9.97 Å². The van der Waals surface area contributed by atoms with Crippen LogP contribution in [0, 0.1) is 0 Å². The number of aromatic nitrogens is 2. The average molecular weight is 202 g/mol. The Morgan fingerprint density at radius 2 is 2.27 bits per heavy atom. The van der Waals surface area contributed by atoms with Crippen molar-refractivity contribution >= 4 is 16.7 Å². The van der Waals surface area contributed by atoms with E-state index in [4.69, 9.17) is 0 Å². The molecular weight excluding hydrogens is 192 g/mol. The molecule has 2 rings (SSSR count). The van der Waals surface area contributed by atoms with Crippen molar-refractivity contribution in [3.63, 3.8) is 0 Å². The Labute approximate surface area is 86.6 Å². The van der Waals surface area contributed by atoms with Crippen LogP contribution in [-0.4, -0.2) is 20.9 Å². The smallest absolute Gasteiger partial charge is 0.163 e. The number of ketones is 1. The summed E-state index contributed by atoms with van der Waals surface area (Å²) in [5.74, 6) is 0.0925. The molecule has 0 amide bonds. The summed E-state index contributed by atoms with van der Waals surface area (Å²) in [6, 6.07) is 3.09. The predicted octanol–water partition coefficient (Wildman–Crippen LogP) is 1.93. The zero-order chi connectivity index (χ0) is 10.8. The van der Waals surface area contributed by atoms with Gasteiger partial charge >= 0.3 is 0 Å². The van der Waals surface area contributed by atoms with Crippen LogP contribution in [0.2, 0.25) is 0 Å². The van der Waals surface area contributed by atoms with Crippen LogP contribution in [0.3, 0.4) is 0 Å². The molecule has 1 N–H and O–H groups in total. The largest absolute Gasteiger partial charge is 0.506 e. The SMILES string of the molecule is CCC(=O)c1ccc(O)c2ncncc12. The number of carbonyl (C=O) groups excluding carboxylic acids is 1. The highest BCUT2D eigenvalue weighted by Gasteiger charge is 2.11. The first-order valence-electron chi connectivity index (χ1n) is 4.69. The molecule has 0 aliphatic carbocycles. The normalized spacial score (nSPS) is 10.5. The molecule has 76 valence electrons. The first-order chi connectivity index (χ1) is 7.24. The van der Waals surface area contributed by atoms with Gasteiger partial charge in [-0.3, -0.25) is 4.79 Å². The molecule has 4 nitrogen and oxygen atoms in total. The Kier molecular flexibility index (Phi) is 2.33. The summed E-state index contributed by atoms with van der Waals surface area (Å²) in [5, 5.41) is 10.1. The van der Waals surface area contributed by atoms with E-state index >= 15 is 0 Å². The van der Waals surface area contributed by atoms with E-state index in [0.717, 1.165) is 0 Å². The minimum absolute atomic E-state index is 0.0230. The van der Waals surface area contributed by atoms with Crippen molar-refractivity contribution < 1.29 is 9.90 Å². The summed E-state index contributed by atoms with van der Waals surface area (Å²) in [6.07, 6.45) is 3.32. The van der Waals surface area contributed by atoms with Crippen molar-refractivity contribution in [1.29, 1.82) is 0 Å². The molecule has 15 heavy (non-hydrogen) atoms. The van der Waals surface area contributed by atoms with Gasteiger partial charge < -0.3 is 5.11 Å². The van der Waals surface area contributed by atoms with E-state index in [1.165, 1.54) is 12.4 Å². The zero-order valence-corrected chi connectivity index (χ0v) is 8.27. The second-order valence-electron chi connectivity index (χ2n) is 3.19. The number of nitrogens with zero attached hydrogens (tertiary/aromatic N) is 2. The number of phenolic OH excluding ortho intramolecular Hbond substituents is 1. The Balaban J connectivity index is 2.77. The minimum atomic E-state index is 0.0230. The van der Waals surface area contributed by atoms with Crippen LogP contribution < -0.4 is 0 Å². The molecule has 0 saturated carbocycles. The molecule has 0 aliphatic rings. The van der Waals surface area contributed by atoms with Crippen molar-refractivity contribution in [1.82, 2.24) is 9.97 Å². The van der Waals surface area contributed by atoms with Crippen LogP contribution in [0.4, 0.5) is 0 Å². The summed E-state index contributed by atoms with van der Waals surface area (Å²) < 4.78 is 0. The Bertz CT molecular complexity index is 523. The lowest BCUT2D eigenvalue weighted by Crippen LogP contribution is -1.98. The van der Waals surface area contributed by atoms with Crippen molar-refractivity contribution in [2.75, 3.05) is 0 Å². The van der Waals surface area contributed by atoms with E-state index in [-0.39, 0.29) is 11.5 Å². The molecule has 4 heteroatoms. The number of rotatable bonds is 2. The molecule has 0 bridgehead atoms. The maximum atomic E-state index is 11.6. The van der Waals surface area contributed by atoms with Gasteiger partial charge in [-0.05, 0) is 12.1 Å². The van der Waals surface area contributed by atoms with Crippen molar-refractivity contribution in [3.05, 3.63) is 30.2 Å². The molecule has 2 aromatic rings. The number of benzene rings is 1. The van der Waals surface area contributed by atoms with Crippen LogP contribution in [0.5, 0.6) is 5.75 Å². The highest BCUT2D eigenvalue weighted by molar-refractivity contribution is 6.08. The van der Waals surface area contributed by atoms with Crippen LogP contribution in [-0.2, 0) is 0 Å². The van der Waals surface area contributed by atoms with Gasteiger partial charge in [0, 0.05) is 23.6 Å². The highest BCUT2D eigenvalue weighted by Crippen LogP contribution is 2.25. The standard InChI is InChI=1S/C11H10N2O2/c1-2-9(14)7-3-4-10(15)11-8(7)5-12-6-13-11/h3-6,15H,2H2,1H3. The quantitative estimate of drug-likeness (QED) is 0.756. The van der Waals surface area contributed by atoms with Crippen LogP contribution in [0.15, 0.2) is 24.7 Å². The first-order valence-corrected chi connectivity index (χ1v) is 4.69. The first kappa shape index (κ1) is 9.58. The van der Waals surface area contributed by atoms with E-state index < -0.39 is 0 Å². The third-order valence-corrected chi connectivity index (χ3v) is 2.27. The summed E-state index contributed by atoms with van der Waals surface area (Å²) in [7, 11) is 0. The van der Waals surface area contributed by atoms with Gasteiger partial charge in [0.2, 0.25) is 0 Å². The Hall–Kier alpha value is -1.97. The van der Waals surface area contributed by atoms with E-state index in [9.17, 15) is 9.90 Å². The van der Waals surface area contributed by atoms with E-state index in [1.54, 1.807) is 19.2 Å². The molecule has 0 saturated heterocycles. The molecule has 0 atom stereocenters. The molecule has 1 aromatic carbocycles. The van der Waals surface area contributed by atoms with Gasteiger partial charge in [0.15, 0.2) is 5.78 Å². The van der Waals surface area contributed by atoms with Crippen LogP contribution >= 0.6 is 0 Å². The third-order valence-electron chi connectivity index (χ3n) is 2.27. The van der Waals surface area contributed by atoms with Gasteiger partial charge in [-0.1, -0.05) is 6.92 Å². The molecule has 1 aromatic heterocycles. The number of phenols is 1. The maximum Gasteiger partial charge on any atom is 0.163 e. The van der Waals surface area contributed by atoms with E-state index in [0.29, 0.717) is 22.9 Å². The summed E-state index contributed by atoms with van der Waals surface area (Å²) >= 11 is 0. The zero-order valence-electron chi connectivity index (χ0n) is 8.27. The number of aromatic hydroxyl groups is 1. The molecule has 0 spiro atoms. The second-order valence-corrected chi connectivity index (χ2v) is 3.19. The van der Waals surface area contributed by atoms with Crippen molar-refractivity contribution in [2.24, 2.45) is 0 Å². The number of hydrogen-bond donors (Lipinski definition) is 1. The van der Waals surface area contributed by atoms with Gasteiger partial charge in [-0.15, -0.1) is 0 Å². The Morgan fingerprint density at radius 1 is 1.47 bits per heavy atom. The van der Waals surface area contributed by atoms with Crippen molar-refractivity contribution in [2.45, 2.75) is 13.3 Å². The predicted molar refractivity (Wildman–Crippen MR) is 55.8 cm³/mol. The fraction of sp³-hybridized carbons (Fsp3) is 0.182. The summed E-state index contributed by atoms with van der Waals surface area (Å²) in [5.41, 5.74) is 0.982. The number of hydrogen-bond acceptors (Lipinski definition) is 4. The van der Waals surface area contributed by atoms with Gasteiger partial charge in [0.25, 0.3) is 0 Å². The maximum absolute atomic E-state index is 11.6. The van der Waals surface area contributed by atoms with Gasteiger partial charge in [0.05, 0.1) is 0 Å². The molecule has 1 heterocycles. The Morgan fingerprint density at radius 3 is 3.00 bits per heavy atom. The van der Waals surface area contributed by atoms with E-state index in [1.807, 2.05) is 0 Å². The van der Waals surface area contributed by atoms with Gasteiger partial charge in [0.1, 0.15) is 17.6 Å². The lowest BCUT2D eigenvalue weighted by atomic mass is 10.0. The fourth-order valence-electron chi connectivity index (χ4n) is 1.50. The lowest BCUT2D eigenvalue weighted by molar-refractivity contribution is 0.0989. The van der Waals surface area contributed by atoms with Crippen molar-refractivity contribution in [3.8, 4) is 5.75 Å². The summed E-state index contributed by atoms with van der Waals surface area (Å²) in [4.78, 5) is 19.4. The van der Waals surface area contributed by atoms with E-state index in [2.05, 4.69) is 9.97 Å². The topological polar surface area (TPSA) is 63.1 Å². The number of fused-ring (bicyclic) bond motifs is 1. The number of Topliss-reactive ketones (excluding diaryl/α,β-unsaturated/α-hetero) is 1. The lowest BCUT2D eigenvalue weighted by Gasteiger charge is -2.04. The molecule has 0 unspecified atom stereocenters. The highest BCUT2D eigenvalue weighted by atomic mass is 16.3. The third kappa shape index (κ3) is 1.54. The molecule has 0 radical (unpaired) electrons. The minimum Gasteiger partial charge on any atom is -0.506 e. The molecule has 0 aliphatic heterocycles. The van der Waals surface area contributed by atoms with Crippen LogP contribution in [0.25, 0.3) is 10.9 Å². The molecular formula is C11H10N2O2. The van der Waals surface area contributed by atoms with Gasteiger partial charge in [-0.2, -0.15) is 0 Å². The second kappa shape index (κ2) is 3.65. The summed E-state index contributed by atoms with van der Waals surface area (Å²) in [6.45, 7) is 1.80. The monoisotopic (exact) mass is 202 g/mol. The molecule has 0 fully saturated rings. The average Bonchev–Trinajstić information content (AvgIpc) is 2.29.